The predicted molar refractivity (Wildman–Crippen MR) is 8.29 cm³/mol. The summed E-state index contributed by atoms with van der Waals surface area (Å²) in [6, 6.07) is 0. The summed E-state index contributed by atoms with van der Waals surface area (Å²) in [5, 5.41) is 0. The summed E-state index contributed by atoms with van der Waals surface area (Å²) in [6.07, 6.45) is 0. The van der Waals surface area contributed by atoms with Crippen molar-refractivity contribution in [2.45, 2.75) is 0 Å². The van der Waals surface area contributed by atoms with E-state index in [-0.39, 0.29) is 0 Å². The van der Waals surface area contributed by atoms with Gasteiger partial charge in [-0.15, -0.1) is 0 Å². The summed E-state index contributed by atoms with van der Waals surface area (Å²) in [7, 11) is 0. The Labute approximate surface area is 35.7 Å². The van der Waals surface area contributed by atoms with Crippen LogP contribution in [-0.4, -0.2) is 0 Å². The van der Waals surface area contributed by atoms with Gasteiger partial charge in [-0.05, 0) is 0 Å². The summed E-state index contributed by atoms with van der Waals surface area (Å²) < 4.78 is 17.9. The van der Waals surface area contributed by atoms with Crippen LogP contribution < -0.4 is 0 Å². The molecule has 0 bridgehead atoms. The van der Waals surface area contributed by atoms with E-state index >= 15 is 0 Å². The second-order valence-electron chi connectivity index (χ2n) is 0.185. The molecule has 4 heavy (non-hydrogen) atoms. The Morgan fingerprint density at radius 2 is 1.50 bits per heavy atom. The molecule has 0 rings (SSSR count). The molecular formula is AgO2P. The number of hydrogen-bond donors (Lipinski definition) is 0. The summed E-state index contributed by atoms with van der Waals surface area (Å²) in [5.41, 5.74) is -2.31. The van der Waals surface area contributed by atoms with Crippen LogP contribution in [0.15, 0.2) is 0 Å². The Balaban J connectivity index is 3.51. The summed E-state index contributed by atoms with van der Waals surface area (Å²) in [6.45, 7) is 0. The average Bonchev–Trinajstić information content (AvgIpc) is 0.811. The van der Waals surface area contributed by atoms with Crippen LogP contribution >= 0.6 is 5.57 Å². The van der Waals surface area contributed by atoms with Crippen molar-refractivity contribution in [2.75, 3.05) is 0 Å². The Kier molecular flexibility index (Phi) is 2.22. The molecule has 0 amide bonds. The SMILES string of the molecule is O=[P](=O)[Ag]. The molecule has 0 atom stereocenters. The second kappa shape index (κ2) is 1.91. The minimum absolute atomic E-state index is 2.24. The van der Waals surface area contributed by atoms with Crippen LogP contribution in [-0.2, 0) is 29.7 Å². The Morgan fingerprint density at radius 1 is 1.50 bits per heavy atom. The third-order valence-corrected chi connectivity index (χ3v) is 0. The van der Waals surface area contributed by atoms with E-state index in [2.05, 4.69) is 20.5 Å². The number of rotatable bonds is 0. The third-order valence-electron chi connectivity index (χ3n) is 0. The molecule has 2 nitrogen and oxygen atoms in total. The van der Waals surface area contributed by atoms with Crippen molar-refractivity contribution in [3.05, 3.63) is 0 Å². The normalized spacial score (nSPS) is 6.50. The molecule has 0 saturated carbocycles. The Morgan fingerprint density at radius 3 is 1.50 bits per heavy atom. The molecule has 0 aliphatic rings. The fraction of sp³-hybridized carbons (Fsp3) is 0. The van der Waals surface area contributed by atoms with Crippen LogP contribution in [0.1, 0.15) is 0 Å². The topological polar surface area (TPSA) is 34.1 Å². The molecule has 0 aliphatic heterocycles. The molecule has 0 aromatic heterocycles. The van der Waals surface area contributed by atoms with Gasteiger partial charge in [0.1, 0.15) is 0 Å². The Bertz CT molecular complexity index is 54.4. The molecule has 0 saturated heterocycles. The molecule has 0 N–H and O–H groups in total. The van der Waals surface area contributed by atoms with E-state index in [1.807, 2.05) is 0 Å². The van der Waals surface area contributed by atoms with Gasteiger partial charge in [0.15, 0.2) is 0 Å². The van der Waals surface area contributed by atoms with E-state index in [1.54, 1.807) is 0 Å². The van der Waals surface area contributed by atoms with Crippen molar-refractivity contribution >= 4 is 5.57 Å². The van der Waals surface area contributed by atoms with Gasteiger partial charge in [-0.3, -0.25) is 0 Å². The summed E-state index contributed by atoms with van der Waals surface area (Å²) >= 11 is 2.24. The van der Waals surface area contributed by atoms with Crippen LogP contribution in [0.4, 0.5) is 0 Å². The zero-order valence-corrected chi connectivity index (χ0v) is 3.94. The molecule has 0 unspecified atom stereocenters. The van der Waals surface area contributed by atoms with Crippen LogP contribution in [0.2, 0.25) is 0 Å². The predicted octanol–water partition coefficient (Wildman–Crippen LogP) is 0.621. The first kappa shape index (κ1) is 4.64. The Hall–Kier alpha value is 0.640. The summed E-state index contributed by atoms with van der Waals surface area (Å²) in [4.78, 5) is 0. The van der Waals surface area contributed by atoms with Gasteiger partial charge in [0, 0.05) is 0 Å². The number of hydrogen-bond acceptors (Lipinski definition) is 2. The van der Waals surface area contributed by atoms with Gasteiger partial charge in [0.2, 0.25) is 0 Å². The minimum atomic E-state index is -2.31. The van der Waals surface area contributed by atoms with Crippen molar-refractivity contribution in [3.8, 4) is 0 Å². The first-order valence-corrected chi connectivity index (χ1v) is 3.49. The van der Waals surface area contributed by atoms with Crippen LogP contribution in [0, 0.1) is 0 Å². The molecular weight excluding hydrogens is 171 g/mol. The van der Waals surface area contributed by atoms with E-state index < -0.39 is 5.57 Å². The summed E-state index contributed by atoms with van der Waals surface area (Å²) in [5.74, 6) is 0. The fourth-order valence-corrected chi connectivity index (χ4v) is 0. The monoisotopic (exact) mass is 170 g/mol. The van der Waals surface area contributed by atoms with Crippen LogP contribution in [0.25, 0.3) is 0 Å². The van der Waals surface area contributed by atoms with E-state index in [0.717, 1.165) is 0 Å². The van der Waals surface area contributed by atoms with Gasteiger partial charge in [0.05, 0.1) is 0 Å². The molecule has 4 heteroatoms. The second-order valence-corrected chi connectivity index (χ2v) is 2.18. The molecule has 28 valence electrons. The zero-order valence-electron chi connectivity index (χ0n) is 1.57. The first-order valence-electron chi connectivity index (χ1n) is 0.500. The van der Waals surface area contributed by atoms with Gasteiger partial charge >= 0.3 is 35.2 Å². The fourth-order valence-electron chi connectivity index (χ4n) is 0. The molecule has 0 spiro atoms. The maximum atomic E-state index is 8.95. The van der Waals surface area contributed by atoms with Crippen molar-refractivity contribution < 1.29 is 29.7 Å². The molecule has 0 radical (unpaired) electrons. The molecule has 0 fully saturated rings. The third kappa shape index (κ3) is 17.3. The van der Waals surface area contributed by atoms with Crippen molar-refractivity contribution in [2.24, 2.45) is 0 Å². The molecule has 0 aromatic rings. The van der Waals surface area contributed by atoms with Crippen molar-refractivity contribution in [3.63, 3.8) is 0 Å². The van der Waals surface area contributed by atoms with Gasteiger partial charge in [0.25, 0.3) is 0 Å². The molecule has 0 heterocycles. The van der Waals surface area contributed by atoms with E-state index in [9.17, 15) is 0 Å². The van der Waals surface area contributed by atoms with Crippen molar-refractivity contribution in [1.29, 1.82) is 0 Å². The van der Waals surface area contributed by atoms with Crippen molar-refractivity contribution in [1.82, 2.24) is 0 Å². The standard InChI is InChI=1S/Ag.O2P/c;1-3-2. The van der Waals surface area contributed by atoms with Gasteiger partial charge in [-0.25, -0.2) is 0 Å². The quantitative estimate of drug-likeness (QED) is 0.395. The van der Waals surface area contributed by atoms with Crippen LogP contribution in [0.3, 0.4) is 0 Å². The molecule has 0 aromatic carbocycles. The van der Waals surface area contributed by atoms with Crippen LogP contribution in [0.5, 0.6) is 0 Å². The molecule has 0 aliphatic carbocycles. The zero-order chi connectivity index (χ0) is 3.58. The van der Waals surface area contributed by atoms with E-state index in [4.69, 9.17) is 9.13 Å². The van der Waals surface area contributed by atoms with E-state index in [0.29, 0.717) is 0 Å². The van der Waals surface area contributed by atoms with E-state index in [1.165, 1.54) is 0 Å². The first-order chi connectivity index (χ1) is 1.73. The van der Waals surface area contributed by atoms with Gasteiger partial charge in [-0.1, -0.05) is 0 Å². The average molecular weight is 171 g/mol. The van der Waals surface area contributed by atoms with Gasteiger partial charge < -0.3 is 0 Å². The maximum absolute atomic E-state index is 8.95. The van der Waals surface area contributed by atoms with Gasteiger partial charge in [-0.2, -0.15) is 0 Å².